The van der Waals surface area contributed by atoms with Crippen LogP contribution in [0.4, 0.5) is 0 Å². The number of methoxy groups -OCH3 is 1. The SMILES string of the molecule is COCCNCC(Cc1ccsc1)c1ccccc1C. The van der Waals surface area contributed by atoms with Crippen molar-refractivity contribution in [1.29, 1.82) is 0 Å². The van der Waals surface area contributed by atoms with E-state index >= 15 is 0 Å². The van der Waals surface area contributed by atoms with Gasteiger partial charge in [-0.3, -0.25) is 0 Å². The molecule has 1 heterocycles. The second-order valence-electron chi connectivity index (χ2n) is 5.09. The summed E-state index contributed by atoms with van der Waals surface area (Å²) >= 11 is 1.77. The van der Waals surface area contributed by atoms with Gasteiger partial charge in [0.1, 0.15) is 0 Å². The van der Waals surface area contributed by atoms with Gasteiger partial charge in [0.2, 0.25) is 0 Å². The molecule has 2 aromatic rings. The first-order valence-electron chi connectivity index (χ1n) is 7.07. The van der Waals surface area contributed by atoms with Crippen molar-refractivity contribution in [1.82, 2.24) is 5.32 Å². The molecule has 1 unspecified atom stereocenters. The van der Waals surface area contributed by atoms with Gasteiger partial charge in [-0.15, -0.1) is 0 Å². The van der Waals surface area contributed by atoms with Crippen molar-refractivity contribution in [2.24, 2.45) is 0 Å². The van der Waals surface area contributed by atoms with Crippen molar-refractivity contribution in [3.8, 4) is 0 Å². The Labute approximate surface area is 125 Å². The third-order valence-electron chi connectivity index (χ3n) is 3.56. The highest BCUT2D eigenvalue weighted by Crippen LogP contribution is 2.24. The minimum atomic E-state index is 0.516. The first-order valence-corrected chi connectivity index (χ1v) is 8.02. The summed E-state index contributed by atoms with van der Waals surface area (Å²) in [5.74, 6) is 0.516. The highest BCUT2D eigenvalue weighted by atomic mass is 32.1. The maximum atomic E-state index is 5.10. The maximum absolute atomic E-state index is 5.10. The predicted octanol–water partition coefficient (Wildman–Crippen LogP) is 3.62. The molecule has 20 heavy (non-hydrogen) atoms. The largest absolute Gasteiger partial charge is 0.383 e. The first-order chi connectivity index (χ1) is 9.81. The summed E-state index contributed by atoms with van der Waals surface area (Å²) < 4.78 is 5.10. The molecule has 1 atom stereocenters. The van der Waals surface area contributed by atoms with Crippen LogP contribution in [0.25, 0.3) is 0 Å². The van der Waals surface area contributed by atoms with E-state index in [1.165, 1.54) is 16.7 Å². The summed E-state index contributed by atoms with van der Waals surface area (Å²) in [6, 6.07) is 10.9. The number of rotatable bonds is 8. The topological polar surface area (TPSA) is 21.3 Å². The van der Waals surface area contributed by atoms with Crippen molar-refractivity contribution in [3.05, 3.63) is 57.8 Å². The Balaban J connectivity index is 2.05. The molecule has 0 saturated heterocycles. The molecule has 2 nitrogen and oxygen atoms in total. The molecule has 1 N–H and O–H groups in total. The van der Waals surface area contributed by atoms with Gasteiger partial charge in [0, 0.05) is 26.1 Å². The third-order valence-corrected chi connectivity index (χ3v) is 4.30. The van der Waals surface area contributed by atoms with Gasteiger partial charge in [-0.1, -0.05) is 24.3 Å². The zero-order valence-corrected chi connectivity index (χ0v) is 13.1. The molecule has 0 radical (unpaired) electrons. The fourth-order valence-corrected chi connectivity index (χ4v) is 3.16. The molecule has 0 spiro atoms. The van der Waals surface area contributed by atoms with E-state index in [2.05, 4.69) is 53.3 Å². The summed E-state index contributed by atoms with van der Waals surface area (Å²) in [7, 11) is 1.74. The highest BCUT2D eigenvalue weighted by Gasteiger charge is 2.14. The number of thiophene rings is 1. The molecule has 1 aromatic carbocycles. The molecule has 0 aliphatic heterocycles. The fourth-order valence-electron chi connectivity index (χ4n) is 2.48. The van der Waals surface area contributed by atoms with Crippen molar-refractivity contribution >= 4 is 11.3 Å². The monoisotopic (exact) mass is 289 g/mol. The Bertz CT molecular complexity index is 495. The third kappa shape index (κ3) is 4.44. The lowest BCUT2D eigenvalue weighted by Gasteiger charge is -2.20. The molecule has 2 rings (SSSR count). The van der Waals surface area contributed by atoms with Gasteiger partial charge in [-0.25, -0.2) is 0 Å². The zero-order chi connectivity index (χ0) is 14.2. The number of hydrogen-bond donors (Lipinski definition) is 1. The standard InChI is InChI=1S/C17H23NOS/c1-14-5-3-4-6-17(14)16(12-18-8-9-19-2)11-15-7-10-20-13-15/h3-7,10,13,16,18H,8-9,11-12H2,1-2H3. The summed E-state index contributed by atoms with van der Waals surface area (Å²) in [4.78, 5) is 0. The number of hydrogen-bond acceptors (Lipinski definition) is 3. The van der Waals surface area contributed by atoms with Gasteiger partial charge in [-0.05, 0) is 46.9 Å². The number of aryl methyl sites for hydroxylation is 1. The lowest BCUT2D eigenvalue weighted by molar-refractivity contribution is 0.199. The number of nitrogens with one attached hydrogen (secondary N) is 1. The Kier molecular flexibility index (Phi) is 6.25. The van der Waals surface area contributed by atoms with Crippen LogP contribution in [0.15, 0.2) is 41.1 Å². The first kappa shape index (κ1) is 15.2. The van der Waals surface area contributed by atoms with Gasteiger partial charge in [0.15, 0.2) is 0 Å². The summed E-state index contributed by atoms with van der Waals surface area (Å²) in [5.41, 5.74) is 4.25. The van der Waals surface area contributed by atoms with Crippen molar-refractivity contribution in [2.45, 2.75) is 19.3 Å². The van der Waals surface area contributed by atoms with Gasteiger partial charge in [0.05, 0.1) is 6.61 Å². The molecule has 0 aliphatic rings. The average Bonchev–Trinajstić information content (AvgIpc) is 2.96. The quantitative estimate of drug-likeness (QED) is 0.749. The molecular formula is C17H23NOS. The maximum Gasteiger partial charge on any atom is 0.0587 e. The van der Waals surface area contributed by atoms with Crippen molar-refractivity contribution in [2.75, 3.05) is 26.8 Å². The van der Waals surface area contributed by atoms with Crippen LogP contribution in [-0.2, 0) is 11.2 Å². The van der Waals surface area contributed by atoms with Crippen LogP contribution in [0.3, 0.4) is 0 Å². The highest BCUT2D eigenvalue weighted by molar-refractivity contribution is 7.07. The summed E-state index contributed by atoms with van der Waals surface area (Å²) in [5, 5.41) is 7.91. The van der Waals surface area contributed by atoms with E-state index in [4.69, 9.17) is 4.74 Å². The van der Waals surface area contributed by atoms with Gasteiger partial charge in [-0.2, -0.15) is 11.3 Å². The number of ether oxygens (including phenoxy) is 1. The Morgan fingerprint density at radius 2 is 2.10 bits per heavy atom. The van der Waals surface area contributed by atoms with Crippen LogP contribution in [0.1, 0.15) is 22.6 Å². The smallest absolute Gasteiger partial charge is 0.0587 e. The summed E-state index contributed by atoms with van der Waals surface area (Å²) in [6.45, 7) is 4.86. The van der Waals surface area contributed by atoms with Crippen LogP contribution < -0.4 is 5.32 Å². The lowest BCUT2D eigenvalue weighted by atomic mass is 9.90. The molecule has 3 heteroatoms. The van der Waals surface area contributed by atoms with E-state index in [0.717, 1.165) is 26.1 Å². The van der Waals surface area contributed by atoms with E-state index < -0.39 is 0 Å². The van der Waals surface area contributed by atoms with E-state index in [-0.39, 0.29) is 0 Å². The fraction of sp³-hybridized carbons (Fsp3) is 0.412. The number of benzene rings is 1. The Hall–Kier alpha value is -1.16. The van der Waals surface area contributed by atoms with Gasteiger partial charge in [0.25, 0.3) is 0 Å². The Morgan fingerprint density at radius 1 is 1.25 bits per heavy atom. The van der Waals surface area contributed by atoms with Gasteiger partial charge < -0.3 is 10.1 Å². The zero-order valence-electron chi connectivity index (χ0n) is 12.3. The van der Waals surface area contributed by atoms with E-state index in [1.807, 2.05) is 0 Å². The molecular weight excluding hydrogens is 266 g/mol. The van der Waals surface area contributed by atoms with Crippen molar-refractivity contribution in [3.63, 3.8) is 0 Å². The predicted molar refractivity (Wildman–Crippen MR) is 86.7 cm³/mol. The minimum absolute atomic E-state index is 0.516. The van der Waals surface area contributed by atoms with Crippen LogP contribution in [0, 0.1) is 6.92 Å². The van der Waals surface area contributed by atoms with Gasteiger partial charge >= 0.3 is 0 Å². The van der Waals surface area contributed by atoms with E-state index in [9.17, 15) is 0 Å². The van der Waals surface area contributed by atoms with Crippen LogP contribution >= 0.6 is 11.3 Å². The molecule has 1 aromatic heterocycles. The summed E-state index contributed by atoms with van der Waals surface area (Å²) in [6.07, 6.45) is 1.09. The van der Waals surface area contributed by atoms with Crippen LogP contribution in [0.5, 0.6) is 0 Å². The van der Waals surface area contributed by atoms with Crippen LogP contribution in [0.2, 0.25) is 0 Å². The molecule has 0 amide bonds. The molecule has 0 aliphatic carbocycles. The van der Waals surface area contributed by atoms with Crippen LogP contribution in [-0.4, -0.2) is 26.8 Å². The van der Waals surface area contributed by atoms with E-state index in [1.54, 1.807) is 18.4 Å². The molecule has 108 valence electrons. The Morgan fingerprint density at radius 3 is 2.80 bits per heavy atom. The minimum Gasteiger partial charge on any atom is -0.383 e. The average molecular weight is 289 g/mol. The molecule has 0 saturated carbocycles. The normalized spacial score (nSPS) is 12.5. The molecule has 0 fully saturated rings. The second-order valence-corrected chi connectivity index (χ2v) is 5.87. The lowest BCUT2D eigenvalue weighted by Crippen LogP contribution is -2.26. The molecule has 0 bridgehead atoms. The second kappa shape index (κ2) is 8.20. The van der Waals surface area contributed by atoms with Crippen molar-refractivity contribution < 1.29 is 4.74 Å². The van der Waals surface area contributed by atoms with E-state index in [0.29, 0.717) is 5.92 Å².